The van der Waals surface area contributed by atoms with Gasteiger partial charge in [-0.15, -0.1) is 0 Å². The summed E-state index contributed by atoms with van der Waals surface area (Å²) in [5.41, 5.74) is 3.49. The van der Waals surface area contributed by atoms with Crippen LogP contribution in [0.15, 0.2) is 30.7 Å². The van der Waals surface area contributed by atoms with Gasteiger partial charge in [0.2, 0.25) is 0 Å². The molecule has 3 heterocycles. The molecular weight excluding hydrogens is 212 g/mol. The first-order valence-corrected chi connectivity index (χ1v) is 6.02. The van der Waals surface area contributed by atoms with Crippen LogP contribution in [0.1, 0.15) is 24.6 Å². The zero-order chi connectivity index (χ0) is 11.7. The van der Waals surface area contributed by atoms with Crippen LogP contribution in [-0.2, 0) is 7.05 Å². The normalized spacial score (nSPS) is 19.7. The number of hydrogen-bond donors (Lipinski definition) is 1. The average molecular weight is 228 g/mol. The minimum atomic E-state index is 0.395. The van der Waals surface area contributed by atoms with E-state index in [4.69, 9.17) is 0 Å². The van der Waals surface area contributed by atoms with Crippen LogP contribution in [0.4, 0.5) is 0 Å². The van der Waals surface area contributed by atoms with Crippen molar-refractivity contribution in [2.45, 2.75) is 18.9 Å². The van der Waals surface area contributed by atoms with Gasteiger partial charge in [-0.3, -0.25) is 9.67 Å². The van der Waals surface area contributed by atoms with Crippen LogP contribution < -0.4 is 5.32 Å². The van der Waals surface area contributed by atoms with Crippen LogP contribution >= 0.6 is 0 Å². The summed E-state index contributed by atoms with van der Waals surface area (Å²) >= 11 is 0. The zero-order valence-corrected chi connectivity index (χ0v) is 9.93. The number of aromatic nitrogens is 3. The van der Waals surface area contributed by atoms with Gasteiger partial charge < -0.3 is 5.32 Å². The topological polar surface area (TPSA) is 42.7 Å². The summed E-state index contributed by atoms with van der Waals surface area (Å²) < 4.78 is 1.89. The zero-order valence-electron chi connectivity index (χ0n) is 9.93. The smallest absolute Gasteiger partial charge is 0.0872 e. The van der Waals surface area contributed by atoms with Gasteiger partial charge in [0, 0.05) is 36.8 Å². The van der Waals surface area contributed by atoms with Crippen molar-refractivity contribution in [1.82, 2.24) is 20.1 Å². The van der Waals surface area contributed by atoms with Gasteiger partial charge in [0.25, 0.3) is 0 Å². The van der Waals surface area contributed by atoms with E-state index in [0.717, 1.165) is 17.8 Å². The lowest BCUT2D eigenvalue weighted by molar-refractivity contribution is 0.607. The van der Waals surface area contributed by atoms with Crippen molar-refractivity contribution in [3.8, 4) is 11.1 Å². The van der Waals surface area contributed by atoms with Crippen molar-refractivity contribution in [2.75, 3.05) is 6.54 Å². The molecular formula is C13H16N4. The van der Waals surface area contributed by atoms with E-state index in [1.54, 1.807) is 6.20 Å². The number of aryl methyl sites for hydroxylation is 1. The highest BCUT2D eigenvalue weighted by Gasteiger charge is 2.22. The van der Waals surface area contributed by atoms with Gasteiger partial charge in [-0.05, 0) is 25.5 Å². The second kappa shape index (κ2) is 4.30. The van der Waals surface area contributed by atoms with Crippen molar-refractivity contribution in [3.05, 3.63) is 36.4 Å². The summed E-state index contributed by atoms with van der Waals surface area (Å²) in [6, 6.07) is 4.45. The molecule has 0 aromatic carbocycles. The van der Waals surface area contributed by atoms with Crippen molar-refractivity contribution in [1.29, 1.82) is 0 Å². The summed E-state index contributed by atoms with van der Waals surface area (Å²) in [6.07, 6.45) is 8.17. The molecule has 1 saturated heterocycles. The van der Waals surface area contributed by atoms with Crippen molar-refractivity contribution in [2.24, 2.45) is 7.05 Å². The molecule has 4 nitrogen and oxygen atoms in total. The quantitative estimate of drug-likeness (QED) is 0.853. The van der Waals surface area contributed by atoms with Crippen molar-refractivity contribution in [3.63, 3.8) is 0 Å². The Hall–Kier alpha value is -1.68. The second-order valence-electron chi connectivity index (χ2n) is 4.49. The highest BCUT2D eigenvalue weighted by molar-refractivity contribution is 5.64. The molecule has 0 spiro atoms. The molecule has 3 rings (SSSR count). The highest BCUT2D eigenvalue weighted by Crippen LogP contribution is 2.30. The molecule has 2 aromatic rings. The number of pyridine rings is 1. The van der Waals surface area contributed by atoms with Crippen LogP contribution in [0.25, 0.3) is 11.1 Å². The number of hydrogen-bond acceptors (Lipinski definition) is 3. The minimum Gasteiger partial charge on any atom is -0.309 e. The van der Waals surface area contributed by atoms with Gasteiger partial charge in [-0.1, -0.05) is 6.07 Å². The number of rotatable bonds is 2. The Bertz CT molecular complexity index is 497. The lowest BCUT2D eigenvalue weighted by atomic mass is 10.0. The van der Waals surface area contributed by atoms with Gasteiger partial charge in [0.1, 0.15) is 0 Å². The summed E-state index contributed by atoms with van der Waals surface area (Å²) in [5, 5.41) is 8.10. The van der Waals surface area contributed by atoms with E-state index in [2.05, 4.69) is 27.7 Å². The third kappa shape index (κ3) is 1.96. The molecule has 1 aliphatic rings. The molecule has 0 amide bonds. The third-order valence-corrected chi connectivity index (χ3v) is 3.22. The maximum atomic E-state index is 4.60. The van der Waals surface area contributed by atoms with Crippen LogP contribution in [0.5, 0.6) is 0 Å². The summed E-state index contributed by atoms with van der Waals surface area (Å²) in [4.78, 5) is 4.18. The Balaban J connectivity index is 2.04. The highest BCUT2D eigenvalue weighted by atomic mass is 15.3. The van der Waals surface area contributed by atoms with Crippen LogP contribution in [-0.4, -0.2) is 21.3 Å². The van der Waals surface area contributed by atoms with Gasteiger partial charge in [0.15, 0.2) is 0 Å². The lowest BCUT2D eigenvalue weighted by Crippen LogP contribution is -2.14. The first kappa shape index (κ1) is 10.5. The molecule has 1 unspecified atom stereocenters. The molecule has 0 aliphatic carbocycles. The fourth-order valence-corrected chi connectivity index (χ4v) is 2.43. The molecule has 0 saturated carbocycles. The predicted octanol–water partition coefficient (Wildman–Crippen LogP) is 1.91. The summed E-state index contributed by atoms with van der Waals surface area (Å²) in [7, 11) is 1.97. The third-order valence-electron chi connectivity index (χ3n) is 3.22. The van der Waals surface area contributed by atoms with Crippen molar-refractivity contribution >= 4 is 0 Å². The molecule has 17 heavy (non-hydrogen) atoms. The van der Waals surface area contributed by atoms with Crippen LogP contribution in [0.2, 0.25) is 0 Å². The van der Waals surface area contributed by atoms with Gasteiger partial charge in [0.05, 0.1) is 11.7 Å². The molecule has 1 N–H and O–H groups in total. The second-order valence-corrected chi connectivity index (χ2v) is 4.49. The largest absolute Gasteiger partial charge is 0.309 e. The number of nitrogens with zero attached hydrogens (tertiary/aromatic N) is 3. The predicted molar refractivity (Wildman–Crippen MR) is 66.4 cm³/mol. The maximum absolute atomic E-state index is 4.60. The van der Waals surface area contributed by atoms with E-state index >= 15 is 0 Å². The molecule has 2 aromatic heterocycles. The van der Waals surface area contributed by atoms with E-state index in [-0.39, 0.29) is 0 Å². The number of nitrogens with one attached hydrogen (secondary N) is 1. The average Bonchev–Trinajstić information content (AvgIpc) is 2.98. The first-order chi connectivity index (χ1) is 8.34. The minimum absolute atomic E-state index is 0.395. The molecule has 0 radical (unpaired) electrons. The van der Waals surface area contributed by atoms with E-state index < -0.39 is 0 Å². The summed E-state index contributed by atoms with van der Waals surface area (Å²) in [5.74, 6) is 0. The molecule has 88 valence electrons. The molecule has 1 atom stereocenters. The Kier molecular flexibility index (Phi) is 2.65. The van der Waals surface area contributed by atoms with Crippen LogP contribution in [0, 0.1) is 0 Å². The fourth-order valence-electron chi connectivity index (χ4n) is 2.43. The molecule has 1 fully saturated rings. The Morgan fingerprint density at radius 2 is 2.41 bits per heavy atom. The monoisotopic (exact) mass is 228 g/mol. The first-order valence-electron chi connectivity index (χ1n) is 6.02. The SMILES string of the molecule is Cn1cc(-c2cccnc2)c(C2CCCN2)n1. The standard InChI is InChI=1S/C13H16N4/c1-17-9-11(10-4-2-6-14-8-10)13(16-17)12-5-3-7-15-12/h2,4,6,8-9,12,15H,3,5,7H2,1H3. The Morgan fingerprint density at radius 1 is 1.47 bits per heavy atom. The molecule has 1 aliphatic heterocycles. The van der Waals surface area contributed by atoms with E-state index in [1.165, 1.54) is 18.4 Å². The molecule has 4 heteroatoms. The lowest BCUT2D eigenvalue weighted by Gasteiger charge is -2.09. The molecule has 0 bridgehead atoms. The fraction of sp³-hybridized carbons (Fsp3) is 0.385. The summed E-state index contributed by atoms with van der Waals surface area (Å²) in [6.45, 7) is 1.09. The van der Waals surface area contributed by atoms with Gasteiger partial charge >= 0.3 is 0 Å². The van der Waals surface area contributed by atoms with Gasteiger partial charge in [-0.2, -0.15) is 5.10 Å². The van der Waals surface area contributed by atoms with E-state index in [1.807, 2.05) is 24.0 Å². The maximum Gasteiger partial charge on any atom is 0.0872 e. The Labute approximate surface area is 101 Å². The van der Waals surface area contributed by atoms with E-state index in [9.17, 15) is 0 Å². The van der Waals surface area contributed by atoms with E-state index in [0.29, 0.717) is 6.04 Å². The van der Waals surface area contributed by atoms with Crippen molar-refractivity contribution < 1.29 is 0 Å². The Morgan fingerprint density at radius 3 is 3.12 bits per heavy atom. The van der Waals surface area contributed by atoms with Crippen LogP contribution in [0.3, 0.4) is 0 Å². The van der Waals surface area contributed by atoms with Gasteiger partial charge in [-0.25, -0.2) is 0 Å².